The minimum Gasteiger partial charge on any atom is -0.312 e. The topological polar surface area (TPSA) is 34.0 Å². The molecule has 0 aliphatic carbocycles. The molecule has 20 heavy (non-hydrogen) atoms. The summed E-state index contributed by atoms with van der Waals surface area (Å²) >= 11 is 0. The second-order valence-electron chi connectivity index (χ2n) is 6.77. The van der Waals surface area contributed by atoms with Gasteiger partial charge in [0, 0.05) is 24.3 Å². The Labute approximate surface area is 123 Å². The Kier molecular flexibility index (Phi) is 6.47. The van der Waals surface area contributed by atoms with E-state index < -0.39 is 0 Å². The van der Waals surface area contributed by atoms with Crippen molar-refractivity contribution < 1.29 is 0 Å². The van der Waals surface area contributed by atoms with Crippen molar-refractivity contribution in [1.29, 1.82) is 0 Å². The van der Waals surface area contributed by atoms with E-state index in [1.54, 1.807) is 0 Å². The highest BCUT2D eigenvalue weighted by atomic mass is 16.1. The molecular weight excluding hydrogens is 248 g/mol. The van der Waals surface area contributed by atoms with Crippen LogP contribution in [0.2, 0.25) is 0 Å². The molecule has 3 heteroatoms. The molecule has 0 spiro atoms. The molecule has 0 saturated heterocycles. The predicted molar refractivity (Wildman–Crippen MR) is 86.2 cm³/mol. The molecule has 1 aromatic rings. The van der Waals surface area contributed by atoms with E-state index in [9.17, 15) is 4.79 Å². The van der Waals surface area contributed by atoms with Crippen molar-refractivity contribution in [3.05, 3.63) is 33.7 Å². The lowest BCUT2D eigenvalue weighted by atomic mass is 10.1. The van der Waals surface area contributed by atoms with Crippen LogP contribution < -0.4 is 10.9 Å². The first kappa shape index (κ1) is 17.0. The predicted octanol–water partition coefficient (Wildman–Crippen LogP) is 3.37. The van der Waals surface area contributed by atoms with Gasteiger partial charge in [0.25, 0.3) is 5.56 Å². The zero-order valence-corrected chi connectivity index (χ0v) is 13.9. The van der Waals surface area contributed by atoms with Gasteiger partial charge in [-0.1, -0.05) is 47.6 Å². The summed E-state index contributed by atoms with van der Waals surface area (Å²) in [4.78, 5) is 12.6. The monoisotopic (exact) mass is 278 g/mol. The highest BCUT2D eigenvalue weighted by molar-refractivity contribution is 5.18. The fourth-order valence-electron chi connectivity index (χ4n) is 2.33. The summed E-state index contributed by atoms with van der Waals surface area (Å²) in [5.41, 5.74) is 2.17. The Morgan fingerprint density at radius 3 is 2.20 bits per heavy atom. The largest absolute Gasteiger partial charge is 0.312 e. The minimum atomic E-state index is 0.168. The number of hydrogen-bond acceptors (Lipinski definition) is 2. The first-order chi connectivity index (χ1) is 9.32. The molecule has 1 aromatic heterocycles. The van der Waals surface area contributed by atoms with Crippen LogP contribution >= 0.6 is 0 Å². The number of nitrogens with one attached hydrogen (secondary N) is 1. The van der Waals surface area contributed by atoms with Gasteiger partial charge in [-0.05, 0) is 30.4 Å². The molecule has 0 saturated carbocycles. The maximum absolute atomic E-state index is 12.6. The van der Waals surface area contributed by atoms with E-state index in [1.165, 1.54) is 0 Å². The highest BCUT2D eigenvalue weighted by Gasteiger charge is 2.12. The molecule has 0 aliphatic rings. The van der Waals surface area contributed by atoms with E-state index in [2.05, 4.69) is 52.9 Å². The smallest absolute Gasteiger partial charge is 0.255 e. The molecule has 1 rings (SSSR count). The fraction of sp³-hybridized carbons (Fsp3) is 0.706. The van der Waals surface area contributed by atoms with E-state index >= 15 is 0 Å². The maximum Gasteiger partial charge on any atom is 0.255 e. The number of nitrogens with zero attached hydrogens (tertiary/aromatic N) is 1. The van der Waals surface area contributed by atoms with Crippen molar-refractivity contribution in [1.82, 2.24) is 9.88 Å². The van der Waals surface area contributed by atoms with Gasteiger partial charge in [0.2, 0.25) is 0 Å². The van der Waals surface area contributed by atoms with Gasteiger partial charge in [0.15, 0.2) is 0 Å². The Balaban J connectivity index is 3.01. The van der Waals surface area contributed by atoms with Crippen molar-refractivity contribution in [2.75, 3.05) is 6.54 Å². The second kappa shape index (κ2) is 7.63. The Morgan fingerprint density at radius 2 is 1.70 bits per heavy atom. The van der Waals surface area contributed by atoms with Crippen LogP contribution in [0.1, 0.15) is 58.7 Å². The number of rotatable bonds is 7. The SMILES string of the molecule is CC(C)CNCc1ccc(C(C)C)n(CC(C)C)c1=O. The summed E-state index contributed by atoms with van der Waals surface area (Å²) in [6.07, 6.45) is 0. The molecule has 0 bridgehead atoms. The third-order valence-corrected chi connectivity index (χ3v) is 3.29. The van der Waals surface area contributed by atoms with Crippen molar-refractivity contribution in [3.8, 4) is 0 Å². The van der Waals surface area contributed by atoms with Crippen molar-refractivity contribution >= 4 is 0 Å². The Bertz CT molecular complexity index is 472. The second-order valence-corrected chi connectivity index (χ2v) is 6.77. The van der Waals surface area contributed by atoms with Crippen LogP contribution in [0, 0.1) is 11.8 Å². The first-order valence-electron chi connectivity index (χ1n) is 7.76. The lowest BCUT2D eigenvalue weighted by Crippen LogP contribution is -2.31. The molecule has 3 nitrogen and oxygen atoms in total. The summed E-state index contributed by atoms with van der Waals surface area (Å²) in [5, 5.41) is 3.36. The third-order valence-electron chi connectivity index (χ3n) is 3.29. The van der Waals surface area contributed by atoms with Crippen molar-refractivity contribution in [2.45, 2.75) is 60.5 Å². The summed E-state index contributed by atoms with van der Waals surface area (Å²) in [7, 11) is 0. The Hall–Kier alpha value is -1.09. The van der Waals surface area contributed by atoms with E-state index in [4.69, 9.17) is 0 Å². The van der Waals surface area contributed by atoms with Gasteiger partial charge in [-0.25, -0.2) is 0 Å². The van der Waals surface area contributed by atoms with Gasteiger partial charge in [-0.15, -0.1) is 0 Å². The van der Waals surface area contributed by atoms with Gasteiger partial charge in [0.05, 0.1) is 0 Å². The molecule has 0 aliphatic heterocycles. The summed E-state index contributed by atoms with van der Waals surface area (Å²) in [6, 6.07) is 4.10. The molecule has 1 heterocycles. The summed E-state index contributed by atoms with van der Waals surface area (Å²) in [6.45, 7) is 15.3. The molecule has 0 radical (unpaired) electrons. The third kappa shape index (κ3) is 4.78. The van der Waals surface area contributed by atoms with Crippen LogP contribution in [0.5, 0.6) is 0 Å². The first-order valence-corrected chi connectivity index (χ1v) is 7.76. The minimum absolute atomic E-state index is 0.168. The van der Waals surface area contributed by atoms with E-state index in [0.29, 0.717) is 24.3 Å². The van der Waals surface area contributed by atoms with Gasteiger partial charge < -0.3 is 9.88 Å². The lowest BCUT2D eigenvalue weighted by Gasteiger charge is -2.19. The molecule has 0 aromatic carbocycles. The normalized spacial score (nSPS) is 11.8. The van der Waals surface area contributed by atoms with Crippen LogP contribution in [-0.2, 0) is 13.1 Å². The van der Waals surface area contributed by atoms with Crippen LogP contribution in [0.4, 0.5) is 0 Å². The number of aromatic nitrogens is 1. The zero-order chi connectivity index (χ0) is 15.3. The van der Waals surface area contributed by atoms with Crippen molar-refractivity contribution in [2.24, 2.45) is 11.8 Å². The molecule has 1 N–H and O–H groups in total. The molecule has 0 atom stereocenters. The number of pyridine rings is 1. The summed E-state index contributed by atoms with van der Waals surface area (Å²) in [5.74, 6) is 1.45. The fourth-order valence-corrected chi connectivity index (χ4v) is 2.33. The Morgan fingerprint density at radius 1 is 1.05 bits per heavy atom. The van der Waals surface area contributed by atoms with Crippen LogP contribution in [0.25, 0.3) is 0 Å². The molecule has 0 amide bonds. The van der Waals surface area contributed by atoms with Gasteiger partial charge in [-0.2, -0.15) is 0 Å². The van der Waals surface area contributed by atoms with E-state index in [0.717, 1.165) is 24.3 Å². The molecule has 0 fully saturated rings. The molecule has 114 valence electrons. The van der Waals surface area contributed by atoms with Gasteiger partial charge >= 0.3 is 0 Å². The van der Waals surface area contributed by atoms with Gasteiger partial charge in [-0.3, -0.25) is 4.79 Å². The molecule has 0 unspecified atom stereocenters. The van der Waals surface area contributed by atoms with E-state index in [1.807, 2.05) is 10.6 Å². The van der Waals surface area contributed by atoms with Crippen molar-refractivity contribution in [3.63, 3.8) is 0 Å². The molecular formula is C17H30N2O. The standard InChI is InChI=1S/C17H30N2O/c1-12(2)9-18-10-15-7-8-16(14(5)6)19(17(15)20)11-13(3)4/h7-8,12-14,18H,9-11H2,1-6H3. The summed E-state index contributed by atoms with van der Waals surface area (Å²) < 4.78 is 1.96. The maximum atomic E-state index is 12.6. The van der Waals surface area contributed by atoms with Crippen LogP contribution in [-0.4, -0.2) is 11.1 Å². The average Bonchev–Trinajstić information content (AvgIpc) is 2.32. The van der Waals surface area contributed by atoms with Crippen LogP contribution in [0.3, 0.4) is 0 Å². The highest BCUT2D eigenvalue weighted by Crippen LogP contribution is 2.14. The zero-order valence-electron chi connectivity index (χ0n) is 13.9. The quantitative estimate of drug-likeness (QED) is 0.829. The average molecular weight is 278 g/mol. The van der Waals surface area contributed by atoms with Gasteiger partial charge in [0.1, 0.15) is 0 Å². The number of hydrogen-bond donors (Lipinski definition) is 1. The van der Waals surface area contributed by atoms with Crippen LogP contribution in [0.15, 0.2) is 16.9 Å². The van der Waals surface area contributed by atoms with E-state index in [-0.39, 0.29) is 5.56 Å². The lowest BCUT2D eigenvalue weighted by molar-refractivity contribution is 0.481.